The molecule has 2 N–H and O–H groups in total. The standard InChI is InChI=1S/C19H22O4/c1-19(2,3)12-4-7-14(8-5-12)23-17-11-22-16-10-13(20)6-9-15(16)18(17)21/h4-10,17-18,20-21H,11H2,1-3H3. The van der Waals surface area contributed by atoms with Gasteiger partial charge in [0.1, 0.15) is 30.0 Å². The largest absolute Gasteiger partial charge is 0.508 e. The first-order valence-electron chi connectivity index (χ1n) is 7.75. The molecule has 0 saturated heterocycles. The maximum Gasteiger partial charge on any atom is 0.163 e. The van der Waals surface area contributed by atoms with E-state index in [-0.39, 0.29) is 17.8 Å². The van der Waals surface area contributed by atoms with E-state index in [0.29, 0.717) is 17.1 Å². The van der Waals surface area contributed by atoms with Crippen LogP contribution in [0, 0.1) is 0 Å². The smallest absolute Gasteiger partial charge is 0.163 e. The molecule has 1 aliphatic rings. The van der Waals surface area contributed by atoms with Crippen LogP contribution >= 0.6 is 0 Å². The number of aliphatic hydroxyl groups excluding tert-OH is 1. The van der Waals surface area contributed by atoms with Crippen LogP contribution in [0.15, 0.2) is 42.5 Å². The topological polar surface area (TPSA) is 58.9 Å². The van der Waals surface area contributed by atoms with Gasteiger partial charge in [-0.2, -0.15) is 0 Å². The molecule has 23 heavy (non-hydrogen) atoms. The van der Waals surface area contributed by atoms with E-state index >= 15 is 0 Å². The molecule has 4 nitrogen and oxygen atoms in total. The Morgan fingerprint density at radius 1 is 1.09 bits per heavy atom. The zero-order chi connectivity index (χ0) is 16.6. The first kappa shape index (κ1) is 15.7. The second-order valence-electron chi connectivity index (χ2n) is 6.91. The molecule has 2 atom stereocenters. The molecule has 2 aromatic rings. The summed E-state index contributed by atoms with van der Waals surface area (Å²) in [6.45, 7) is 6.72. The van der Waals surface area contributed by atoms with Crippen molar-refractivity contribution in [3.63, 3.8) is 0 Å². The van der Waals surface area contributed by atoms with Gasteiger partial charge < -0.3 is 19.7 Å². The summed E-state index contributed by atoms with van der Waals surface area (Å²) in [6.07, 6.45) is -1.27. The summed E-state index contributed by atoms with van der Waals surface area (Å²) in [5.74, 6) is 1.32. The molecule has 0 aliphatic carbocycles. The van der Waals surface area contributed by atoms with Crippen LogP contribution in [-0.2, 0) is 5.41 Å². The van der Waals surface area contributed by atoms with Gasteiger partial charge in [0.05, 0.1) is 0 Å². The number of hydrogen-bond donors (Lipinski definition) is 2. The van der Waals surface area contributed by atoms with Crippen molar-refractivity contribution in [3.05, 3.63) is 53.6 Å². The van der Waals surface area contributed by atoms with Crippen LogP contribution in [0.2, 0.25) is 0 Å². The summed E-state index contributed by atoms with van der Waals surface area (Å²) in [4.78, 5) is 0. The maximum atomic E-state index is 10.5. The molecular formula is C19H22O4. The molecule has 0 aromatic heterocycles. The summed E-state index contributed by atoms with van der Waals surface area (Å²) in [7, 11) is 0. The predicted octanol–water partition coefficient (Wildman–Crippen LogP) is 3.56. The Labute approximate surface area is 136 Å². The highest BCUT2D eigenvalue weighted by molar-refractivity contribution is 5.43. The van der Waals surface area contributed by atoms with Crippen molar-refractivity contribution in [3.8, 4) is 17.2 Å². The van der Waals surface area contributed by atoms with Crippen LogP contribution < -0.4 is 9.47 Å². The Morgan fingerprint density at radius 2 is 1.78 bits per heavy atom. The average Bonchev–Trinajstić information content (AvgIpc) is 2.50. The fourth-order valence-electron chi connectivity index (χ4n) is 2.66. The van der Waals surface area contributed by atoms with Crippen molar-refractivity contribution in [1.82, 2.24) is 0 Å². The molecule has 0 bridgehead atoms. The molecule has 2 unspecified atom stereocenters. The fourth-order valence-corrected chi connectivity index (χ4v) is 2.66. The van der Waals surface area contributed by atoms with E-state index in [9.17, 15) is 10.2 Å². The molecule has 3 rings (SSSR count). The minimum Gasteiger partial charge on any atom is -0.508 e. The number of hydrogen-bond acceptors (Lipinski definition) is 4. The number of ether oxygens (including phenoxy) is 2. The molecule has 0 fully saturated rings. The summed E-state index contributed by atoms with van der Waals surface area (Å²) in [6, 6.07) is 12.6. The Balaban J connectivity index is 1.75. The molecule has 0 spiro atoms. The van der Waals surface area contributed by atoms with Gasteiger partial charge in [0.25, 0.3) is 0 Å². The van der Waals surface area contributed by atoms with Gasteiger partial charge in [0.2, 0.25) is 0 Å². The van der Waals surface area contributed by atoms with E-state index in [1.54, 1.807) is 6.07 Å². The van der Waals surface area contributed by atoms with Gasteiger partial charge >= 0.3 is 0 Å². The summed E-state index contributed by atoms with van der Waals surface area (Å²) < 4.78 is 11.5. The van der Waals surface area contributed by atoms with Crippen molar-refractivity contribution in [2.45, 2.75) is 38.4 Å². The molecule has 1 heterocycles. The van der Waals surface area contributed by atoms with Gasteiger partial charge in [-0.1, -0.05) is 32.9 Å². The number of fused-ring (bicyclic) bond motifs is 1. The van der Waals surface area contributed by atoms with Gasteiger partial charge in [0, 0.05) is 11.6 Å². The van der Waals surface area contributed by atoms with Crippen LogP contribution in [0.25, 0.3) is 0 Å². The van der Waals surface area contributed by atoms with Crippen molar-refractivity contribution in [1.29, 1.82) is 0 Å². The summed E-state index contributed by atoms with van der Waals surface area (Å²) in [5, 5.41) is 19.9. The number of benzene rings is 2. The quantitative estimate of drug-likeness (QED) is 0.890. The Bertz CT molecular complexity index is 686. The SMILES string of the molecule is CC(C)(C)c1ccc(OC2COc3cc(O)ccc3C2O)cc1. The minimum atomic E-state index is -0.790. The third kappa shape index (κ3) is 3.27. The van der Waals surface area contributed by atoms with E-state index in [2.05, 4.69) is 20.8 Å². The van der Waals surface area contributed by atoms with E-state index in [1.165, 1.54) is 17.7 Å². The first-order chi connectivity index (χ1) is 10.8. The van der Waals surface area contributed by atoms with Crippen molar-refractivity contribution >= 4 is 0 Å². The van der Waals surface area contributed by atoms with E-state index in [4.69, 9.17) is 9.47 Å². The Hall–Kier alpha value is -2.20. The number of rotatable bonds is 2. The monoisotopic (exact) mass is 314 g/mol. The molecule has 0 saturated carbocycles. The Kier molecular flexibility index (Phi) is 3.94. The minimum absolute atomic E-state index is 0.0902. The lowest BCUT2D eigenvalue weighted by Crippen LogP contribution is -2.35. The number of phenolic OH excluding ortho intramolecular Hbond substituents is 1. The lowest BCUT2D eigenvalue weighted by Gasteiger charge is -2.30. The van der Waals surface area contributed by atoms with Gasteiger partial charge in [-0.3, -0.25) is 0 Å². The van der Waals surface area contributed by atoms with E-state index in [1.807, 2.05) is 24.3 Å². The third-order valence-electron chi connectivity index (χ3n) is 4.08. The highest BCUT2D eigenvalue weighted by Crippen LogP contribution is 2.36. The van der Waals surface area contributed by atoms with E-state index < -0.39 is 12.2 Å². The highest BCUT2D eigenvalue weighted by atomic mass is 16.5. The van der Waals surface area contributed by atoms with Crippen LogP contribution in [-0.4, -0.2) is 22.9 Å². The highest BCUT2D eigenvalue weighted by Gasteiger charge is 2.31. The van der Waals surface area contributed by atoms with Crippen LogP contribution in [0.1, 0.15) is 38.0 Å². The fraction of sp³-hybridized carbons (Fsp3) is 0.368. The molecule has 122 valence electrons. The zero-order valence-electron chi connectivity index (χ0n) is 13.6. The van der Waals surface area contributed by atoms with Crippen LogP contribution in [0.4, 0.5) is 0 Å². The van der Waals surface area contributed by atoms with Crippen LogP contribution in [0.5, 0.6) is 17.2 Å². The Morgan fingerprint density at radius 3 is 2.43 bits per heavy atom. The van der Waals surface area contributed by atoms with Gasteiger partial charge in [-0.15, -0.1) is 0 Å². The lowest BCUT2D eigenvalue weighted by molar-refractivity contribution is -0.0104. The molecule has 0 radical (unpaired) electrons. The number of aliphatic hydroxyl groups is 1. The molecule has 0 amide bonds. The normalized spacial score (nSPS) is 20.5. The van der Waals surface area contributed by atoms with Gasteiger partial charge in [-0.05, 0) is 35.2 Å². The van der Waals surface area contributed by atoms with Gasteiger partial charge in [-0.25, -0.2) is 0 Å². The molecular weight excluding hydrogens is 292 g/mol. The predicted molar refractivity (Wildman–Crippen MR) is 88.1 cm³/mol. The molecule has 1 aliphatic heterocycles. The summed E-state index contributed by atoms with van der Waals surface area (Å²) >= 11 is 0. The van der Waals surface area contributed by atoms with E-state index in [0.717, 1.165) is 0 Å². The maximum absolute atomic E-state index is 10.5. The molecule has 4 heteroatoms. The van der Waals surface area contributed by atoms with Gasteiger partial charge in [0.15, 0.2) is 6.10 Å². The summed E-state index contributed by atoms with van der Waals surface area (Å²) in [5.41, 5.74) is 1.95. The van der Waals surface area contributed by atoms with Crippen molar-refractivity contribution < 1.29 is 19.7 Å². The van der Waals surface area contributed by atoms with Crippen molar-refractivity contribution in [2.75, 3.05) is 6.61 Å². The van der Waals surface area contributed by atoms with Crippen molar-refractivity contribution in [2.24, 2.45) is 0 Å². The molecule has 2 aromatic carbocycles. The average molecular weight is 314 g/mol. The third-order valence-corrected chi connectivity index (χ3v) is 4.08. The number of phenols is 1. The first-order valence-corrected chi connectivity index (χ1v) is 7.75. The van der Waals surface area contributed by atoms with Crippen LogP contribution in [0.3, 0.4) is 0 Å². The number of aromatic hydroxyl groups is 1. The second kappa shape index (κ2) is 5.78. The lowest BCUT2D eigenvalue weighted by atomic mass is 9.87. The zero-order valence-corrected chi connectivity index (χ0v) is 13.6. The second-order valence-corrected chi connectivity index (χ2v) is 6.91.